The van der Waals surface area contributed by atoms with Crippen molar-refractivity contribution in [2.45, 2.75) is 17.2 Å². The van der Waals surface area contributed by atoms with Crippen molar-refractivity contribution in [3.63, 3.8) is 0 Å². The van der Waals surface area contributed by atoms with Gasteiger partial charge >= 0.3 is 5.97 Å². The zero-order valence-electron chi connectivity index (χ0n) is 14.5. The Kier molecular flexibility index (Phi) is 8.00. The Hall–Kier alpha value is -2.68. The summed E-state index contributed by atoms with van der Waals surface area (Å²) in [6, 6.07) is 10.2. The Morgan fingerprint density at radius 3 is 2.74 bits per heavy atom. The van der Waals surface area contributed by atoms with Gasteiger partial charge in [-0.25, -0.2) is 9.78 Å². The molecular weight excluding hydrogens is 378 g/mol. The van der Waals surface area contributed by atoms with Crippen LogP contribution in [-0.4, -0.2) is 42.9 Å². The van der Waals surface area contributed by atoms with Gasteiger partial charge in [-0.2, -0.15) is 8.78 Å². The molecule has 1 aromatic heterocycles. The van der Waals surface area contributed by atoms with Crippen LogP contribution in [0.25, 0.3) is 0 Å². The highest BCUT2D eigenvalue weighted by Crippen LogP contribution is 2.26. The fraction of sp³-hybridized carbons (Fsp3) is 0.278. The number of ether oxygens (including phenoxy) is 2. The van der Waals surface area contributed by atoms with Crippen LogP contribution in [0.5, 0.6) is 5.75 Å². The standard InChI is InChI=1S/C18H18F2N2O4S/c1-25-14-7-3-2-5-12(14)8-10-21-15(23)11-26-17(24)13-6-4-9-22-16(13)27-18(19)20/h2-7,9,18H,8,10-11H2,1H3,(H,21,23). The van der Waals surface area contributed by atoms with Crippen molar-refractivity contribution in [1.29, 1.82) is 0 Å². The second-order valence-corrected chi connectivity index (χ2v) is 6.20. The second-order valence-electron chi connectivity index (χ2n) is 5.22. The molecular formula is C18H18F2N2O4S. The Labute approximate surface area is 159 Å². The summed E-state index contributed by atoms with van der Waals surface area (Å²) in [4.78, 5) is 27.6. The Morgan fingerprint density at radius 1 is 1.22 bits per heavy atom. The van der Waals surface area contributed by atoms with Crippen molar-refractivity contribution in [3.8, 4) is 5.75 Å². The van der Waals surface area contributed by atoms with Gasteiger partial charge in [0.25, 0.3) is 11.7 Å². The molecule has 0 saturated heterocycles. The van der Waals surface area contributed by atoms with Gasteiger partial charge in [-0.3, -0.25) is 4.79 Å². The molecule has 1 aromatic carbocycles. The molecule has 0 aliphatic heterocycles. The average Bonchev–Trinajstić information content (AvgIpc) is 2.66. The van der Waals surface area contributed by atoms with E-state index in [4.69, 9.17) is 9.47 Å². The molecule has 0 aliphatic carbocycles. The van der Waals surface area contributed by atoms with E-state index in [1.807, 2.05) is 24.3 Å². The zero-order chi connectivity index (χ0) is 19.6. The van der Waals surface area contributed by atoms with Crippen LogP contribution in [0.15, 0.2) is 47.6 Å². The number of rotatable bonds is 9. The van der Waals surface area contributed by atoms with Crippen LogP contribution in [0.2, 0.25) is 0 Å². The molecule has 144 valence electrons. The van der Waals surface area contributed by atoms with E-state index < -0.39 is 24.2 Å². The summed E-state index contributed by atoms with van der Waals surface area (Å²) < 4.78 is 35.1. The quantitative estimate of drug-likeness (QED) is 0.519. The number of nitrogens with zero attached hydrogens (tertiary/aromatic N) is 1. The molecule has 0 bridgehead atoms. The van der Waals surface area contributed by atoms with Gasteiger partial charge in [-0.1, -0.05) is 18.2 Å². The number of hydrogen-bond donors (Lipinski definition) is 1. The Bertz CT molecular complexity index is 789. The number of pyridine rings is 1. The maximum Gasteiger partial charge on any atom is 0.341 e. The smallest absolute Gasteiger partial charge is 0.341 e. The molecule has 9 heteroatoms. The van der Waals surface area contributed by atoms with Crippen LogP contribution in [0.3, 0.4) is 0 Å². The molecule has 0 saturated carbocycles. The first-order valence-electron chi connectivity index (χ1n) is 7.96. The number of amides is 1. The van der Waals surface area contributed by atoms with Gasteiger partial charge in [0.05, 0.1) is 12.7 Å². The van der Waals surface area contributed by atoms with E-state index in [1.165, 1.54) is 18.3 Å². The first-order valence-corrected chi connectivity index (χ1v) is 8.84. The molecule has 0 aliphatic rings. The van der Waals surface area contributed by atoms with Crippen molar-refractivity contribution in [2.75, 3.05) is 20.3 Å². The molecule has 0 unspecified atom stereocenters. The topological polar surface area (TPSA) is 77.5 Å². The normalized spacial score (nSPS) is 10.5. The summed E-state index contributed by atoms with van der Waals surface area (Å²) in [5.74, 6) is -3.38. The highest BCUT2D eigenvalue weighted by molar-refractivity contribution is 7.99. The molecule has 6 nitrogen and oxygen atoms in total. The maximum atomic E-state index is 12.5. The largest absolute Gasteiger partial charge is 0.496 e. The van der Waals surface area contributed by atoms with Crippen molar-refractivity contribution in [3.05, 3.63) is 53.7 Å². The first-order chi connectivity index (χ1) is 13.0. The summed E-state index contributed by atoms with van der Waals surface area (Å²) >= 11 is 0.145. The van der Waals surface area contributed by atoms with Crippen molar-refractivity contribution in [1.82, 2.24) is 10.3 Å². The third-order valence-corrected chi connectivity index (χ3v) is 4.16. The first kappa shape index (κ1) is 20.6. The maximum absolute atomic E-state index is 12.5. The van der Waals surface area contributed by atoms with Crippen LogP contribution in [0.4, 0.5) is 8.78 Å². The summed E-state index contributed by atoms with van der Waals surface area (Å²) in [6.07, 6.45) is 1.84. The number of benzene rings is 1. The molecule has 0 atom stereocenters. The van der Waals surface area contributed by atoms with E-state index in [1.54, 1.807) is 7.11 Å². The summed E-state index contributed by atoms with van der Waals surface area (Å²) in [6.45, 7) is -0.186. The fourth-order valence-electron chi connectivity index (χ4n) is 2.23. The van der Waals surface area contributed by atoms with Gasteiger partial charge in [-0.15, -0.1) is 0 Å². The van der Waals surface area contributed by atoms with E-state index in [0.717, 1.165) is 11.3 Å². The average molecular weight is 396 g/mol. The third kappa shape index (κ3) is 6.52. The van der Waals surface area contributed by atoms with Gasteiger partial charge < -0.3 is 14.8 Å². The number of esters is 1. The number of nitrogens with one attached hydrogen (secondary N) is 1. The lowest BCUT2D eigenvalue weighted by Gasteiger charge is -2.10. The SMILES string of the molecule is COc1ccccc1CCNC(=O)COC(=O)c1cccnc1SC(F)F. The Morgan fingerprint density at radius 2 is 2.00 bits per heavy atom. The van der Waals surface area contributed by atoms with E-state index in [0.29, 0.717) is 13.0 Å². The van der Waals surface area contributed by atoms with Crippen LogP contribution in [-0.2, 0) is 16.0 Å². The highest BCUT2D eigenvalue weighted by Gasteiger charge is 2.18. The molecule has 0 radical (unpaired) electrons. The zero-order valence-corrected chi connectivity index (χ0v) is 15.3. The summed E-state index contributed by atoms with van der Waals surface area (Å²) in [7, 11) is 1.57. The number of thioether (sulfide) groups is 1. The molecule has 0 fully saturated rings. The predicted octanol–water partition coefficient (Wildman–Crippen LogP) is 2.92. The van der Waals surface area contributed by atoms with Crippen LogP contribution in [0.1, 0.15) is 15.9 Å². The number of aromatic nitrogens is 1. The van der Waals surface area contributed by atoms with Crippen molar-refractivity contribution < 1.29 is 27.8 Å². The minimum atomic E-state index is -2.72. The Balaban J connectivity index is 1.81. The number of carbonyl (C=O) groups is 2. The van der Waals surface area contributed by atoms with E-state index in [2.05, 4.69) is 10.3 Å². The molecule has 1 amide bonds. The van der Waals surface area contributed by atoms with Crippen molar-refractivity contribution in [2.24, 2.45) is 0 Å². The lowest BCUT2D eigenvalue weighted by atomic mass is 10.1. The van der Waals surface area contributed by atoms with Gasteiger partial charge in [0, 0.05) is 12.7 Å². The number of carbonyl (C=O) groups excluding carboxylic acids is 2. The minimum Gasteiger partial charge on any atom is -0.496 e. The second kappa shape index (κ2) is 10.5. The number of methoxy groups -OCH3 is 1. The van der Waals surface area contributed by atoms with E-state index >= 15 is 0 Å². The number of hydrogen-bond acceptors (Lipinski definition) is 6. The van der Waals surface area contributed by atoms with Crippen LogP contribution < -0.4 is 10.1 Å². The van der Waals surface area contributed by atoms with Crippen LogP contribution >= 0.6 is 11.8 Å². The van der Waals surface area contributed by atoms with Gasteiger partial charge in [0.1, 0.15) is 10.8 Å². The molecule has 1 heterocycles. The highest BCUT2D eigenvalue weighted by atomic mass is 32.2. The predicted molar refractivity (Wildman–Crippen MR) is 96.1 cm³/mol. The number of para-hydroxylation sites is 1. The van der Waals surface area contributed by atoms with Crippen molar-refractivity contribution >= 4 is 23.6 Å². The van der Waals surface area contributed by atoms with Gasteiger partial charge in [-0.05, 0) is 41.9 Å². The number of halogens is 2. The van der Waals surface area contributed by atoms with Crippen LogP contribution in [0, 0.1) is 0 Å². The summed E-state index contributed by atoms with van der Waals surface area (Å²) in [5.41, 5.74) is 0.825. The molecule has 27 heavy (non-hydrogen) atoms. The van der Waals surface area contributed by atoms with Gasteiger partial charge in [0.15, 0.2) is 6.61 Å². The van der Waals surface area contributed by atoms with E-state index in [-0.39, 0.29) is 22.4 Å². The van der Waals surface area contributed by atoms with Gasteiger partial charge in [0.2, 0.25) is 0 Å². The lowest BCUT2D eigenvalue weighted by molar-refractivity contribution is -0.124. The van der Waals surface area contributed by atoms with E-state index in [9.17, 15) is 18.4 Å². The minimum absolute atomic E-state index is 0.107. The molecule has 2 rings (SSSR count). The monoisotopic (exact) mass is 396 g/mol. The molecule has 0 spiro atoms. The molecule has 2 aromatic rings. The summed E-state index contributed by atoms with van der Waals surface area (Å²) in [5, 5.41) is 2.48. The lowest BCUT2D eigenvalue weighted by Crippen LogP contribution is -2.30. The number of alkyl halides is 2. The molecule has 1 N–H and O–H groups in total. The fourth-order valence-corrected chi connectivity index (χ4v) is 2.80. The third-order valence-electron chi connectivity index (χ3n) is 3.44.